The first-order chi connectivity index (χ1) is 11.1. The van der Waals surface area contributed by atoms with Gasteiger partial charge in [0.15, 0.2) is 0 Å². The van der Waals surface area contributed by atoms with Crippen molar-refractivity contribution in [3.63, 3.8) is 0 Å². The predicted molar refractivity (Wildman–Crippen MR) is 94.4 cm³/mol. The summed E-state index contributed by atoms with van der Waals surface area (Å²) in [5, 5.41) is 5.04. The summed E-state index contributed by atoms with van der Waals surface area (Å²) >= 11 is 1.72. The standard InChI is InChI=1S/C18H24N2O2S/c1-14(17-5-4-10-23-17)20(2)12-18(21)19-11-15-6-8-16(9-7-15)13-22-3/h4-10,14H,11-13H2,1-3H3,(H,19,21). The maximum absolute atomic E-state index is 12.1. The number of hydrogen-bond acceptors (Lipinski definition) is 4. The van der Waals surface area contributed by atoms with E-state index in [0.717, 1.165) is 11.1 Å². The average molecular weight is 332 g/mol. The number of thiophene rings is 1. The molecule has 0 radical (unpaired) electrons. The molecule has 0 aliphatic heterocycles. The van der Waals surface area contributed by atoms with Gasteiger partial charge in [-0.25, -0.2) is 0 Å². The van der Waals surface area contributed by atoms with Gasteiger partial charge in [0.1, 0.15) is 0 Å². The zero-order valence-corrected chi connectivity index (χ0v) is 14.7. The van der Waals surface area contributed by atoms with E-state index < -0.39 is 0 Å². The minimum atomic E-state index is 0.0388. The molecule has 1 unspecified atom stereocenters. The van der Waals surface area contributed by atoms with Gasteiger partial charge in [0.2, 0.25) is 5.91 Å². The van der Waals surface area contributed by atoms with Crippen LogP contribution in [0.25, 0.3) is 0 Å². The van der Waals surface area contributed by atoms with Crippen LogP contribution in [0.3, 0.4) is 0 Å². The molecule has 5 heteroatoms. The van der Waals surface area contributed by atoms with Gasteiger partial charge in [-0.15, -0.1) is 11.3 Å². The second kappa shape index (κ2) is 8.82. The van der Waals surface area contributed by atoms with E-state index in [0.29, 0.717) is 19.7 Å². The molecule has 1 aromatic heterocycles. The molecule has 2 aromatic rings. The van der Waals surface area contributed by atoms with Gasteiger partial charge in [0.05, 0.1) is 13.2 Å². The fourth-order valence-corrected chi connectivity index (χ4v) is 3.13. The number of carbonyl (C=O) groups is 1. The van der Waals surface area contributed by atoms with Crippen LogP contribution in [0.5, 0.6) is 0 Å². The SMILES string of the molecule is COCc1ccc(CNC(=O)CN(C)C(C)c2cccs2)cc1. The van der Waals surface area contributed by atoms with Crippen molar-refractivity contribution in [1.29, 1.82) is 0 Å². The third-order valence-corrected chi connectivity index (χ3v) is 4.88. The van der Waals surface area contributed by atoms with Gasteiger partial charge in [-0.05, 0) is 36.5 Å². The number of carbonyl (C=O) groups excluding carboxylic acids is 1. The summed E-state index contributed by atoms with van der Waals surface area (Å²) in [5.41, 5.74) is 2.22. The molecular weight excluding hydrogens is 308 g/mol. The van der Waals surface area contributed by atoms with E-state index in [1.54, 1.807) is 18.4 Å². The van der Waals surface area contributed by atoms with Gasteiger partial charge in [0.25, 0.3) is 0 Å². The predicted octanol–water partition coefficient (Wildman–Crippen LogP) is 3.20. The summed E-state index contributed by atoms with van der Waals surface area (Å²) in [6.07, 6.45) is 0. The van der Waals surface area contributed by atoms with Crippen molar-refractivity contribution in [3.8, 4) is 0 Å². The molecule has 0 aliphatic rings. The minimum Gasteiger partial charge on any atom is -0.380 e. The Balaban J connectivity index is 1.78. The third-order valence-electron chi connectivity index (χ3n) is 3.83. The highest BCUT2D eigenvalue weighted by Gasteiger charge is 2.15. The second-order valence-electron chi connectivity index (χ2n) is 5.63. The van der Waals surface area contributed by atoms with E-state index in [2.05, 4.69) is 28.6 Å². The summed E-state index contributed by atoms with van der Waals surface area (Å²) in [4.78, 5) is 15.4. The van der Waals surface area contributed by atoms with Crippen LogP contribution in [0.1, 0.15) is 29.0 Å². The van der Waals surface area contributed by atoms with E-state index in [-0.39, 0.29) is 11.9 Å². The van der Waals surface area contributed by atoms with Crippen molar-refractivity contribution in [3.05, 3.63) is 57.8 Å². The van der Waals surface area contributed by atoms with Gasteiger partial charge in [-0.3, -0.25) is 9.69 Å². The van der Waals surface area contributed by atoms with E-state index in [4.69, 9.17) is 4.74 Å². The summed E-state index contributed by atoms with van der Waals surface area (Å²) in [5.74, 6) is 0.0388. The quantitative estimate of drug-likeness (QED) is 0.807. The average Bonchev–Trinajstić information content (AvgIpc) is 3.08. The highest BCUT2D eigenvalue weighted by Crippen LogP contribution is 2.22. The molecule has 23 heavy (non-hydrogen) atoms. The number of nitrogens with one attached hydrogen (secondary N) is 1. The number of ether oxygens (including phenoxy) is 1. The smallest absolute Gasteiger partial charge is 0.234 e. The van der Waals surface area contributed by atoms with E-state index in [1.165, 1.54) is 4.88 Å². The topological polar surface area (TPSA) is 41.6 Å². The van der Waals surface area contributed by atoms with Crippen LogP contribution in [-0.4, -0.2) is 31.5 Å². The maximum Gasteiger partial charge on any atom is 0.234 e. The van der Waals surface area contributed by atoms with Crippen LogP contribution < -0.4 is 5.32 Å². The lowest BCUT2D eigenvalue weighted by Crippen LogP contribution is -2.35. The molecular formula is C18H24N2O2S. The first-order valence-corrected chi connectivity index (χ1v) is 8.55. The van der Waals surface area contributed by atoms with Crippen molar-refractivity contribution in [2.75, 3.05) is 20.7 Å². The molecule has 1 heterocycles. The van der Waals surface area contributed by atoms with Gasteiger partial charge >= 0.3 is 0 Å². The Kier molecular flexibility index (Phi) is 6.77. The molecule has 1 N–H and O–H groups in total. The molecule has 0 saturated heterocycles. The van der Waals surface area contributed by atoms with Gasteiger partial charge in [-0.2, -0.15) is 0 Å². The number of hydrogen-bond donors (Lipinski definition) is 1. The Morgan fingerprint density at radius 2 is 1.96 bits per heavy atom. The zero-order valence-electron chi connectivity index (χ0n) is 13.9. The van der Waals surface area contributed by atoms with Crippen molar-refractivity contribution in [2.45, 2.75) is 26.1 Å². The van der Waals surface area contributed by atoms with Crippen molar-refractivity contribution in [2.24, 2.45) is 0 Å². The van der Waals surface area contributed by atoms with Crippen molar-refractivity contribution >= 4 is 17.2 Å². The fourth-order valence-electron chi connectivity index (χ4n) is 2.29. The Hall–Kier alpha value is -1.69. The number of benzene rings is 1. The lowest BCUT2D eigenvalue weighted by Gasteiger charge is -2.23. The summed E-state index contributed by atoms with van der Waals surface area (Å²) in [6, 6.07) is 12.5. The van der Waals surface area contributed by atoms with Gasteiger partial charge < -0.3 is 10.1 Å². The number of rotatable bonds is 8. The normalized spacial score (nSPS) is 12.3. The fraction of sp³-hybridized carbons (Fsp3) is 0.389. The van der Waals surface area contributed by atoms with E-state index in [1.807, 2.05) is 37.4 Å². The largest absolute Gasteiger partial charge is 0.380 e. The molecule has 1 amide bonds. The zero-order chi connectivity index (χ0) is 16.7. The van der Waals surface area contributed by atoms with Crippen LogP contribution in [-0.2, 0) is 22.7 Å². The van der Waals surface area contributed by atoms with Gasteiger partial charge in [-0.1, -0.05) is 30.3 Å². The lowest BCUT2D eigenvalue weighted by molar-refractivity contribution is -0.122. The molecule has 0 spiro atoms. The summed E-state index contributed by atoms with van der Waals surface area (Å²) in [7, 11) is 3.66. The van der Waals surface area contributed by atoms with E-state index in [9.17, 15) is 4.79 Å². The molecule has 4 nitrogen and oxygen atoms in total. The number of methoxy groups -OCH3 is 1. The molecule has 0 aliphatic carbocycles. The van der Waals surface area contributed by atoms with Crippen LogP contribution in [0, 0.1) is 0 Å². The Labute approximate surface area is 142 Å². The first-order valence-electron chi connectivity index (χ1n) is 7.67. The van der Waals surface area contributed by atoms with Crippen LogP contribution in [0.4, 0.5) is 0 Å². The number of amides is 1. The minimum absolute atomic E-state index is 0.0388. The van der Waals surface area contributed by atoms with Gasteiger partial charge in [0, 0.05) is 24.6 Å². The Bertz CT molecular complexity index is 596. The second-order valence-corrected chi connectivity index (χ2v) is 6.61. The Morgan fingerprint density at radius 3 is 2.57 bits per heavy atom. The van der Waals surface area contributed by atoms with Crippen molar-refractivity contribution < 1.29 is 9.53 Å². The molecule has 2 rings (SSSR count). The van der Waals surface area contributed by atoms with Crippen molar-refractivity contribution in [1.82, 2.24) is 10.2 Å². The van der Waals surface area contributed by atoms with E-state index >= 15 is 0 Å². The lowest BCUT2D eigenvalue weighted by atomic mass is 10.1. The summed E-state index contributed by atoms with van der Waals surface area (Å²) in [6.45, 7) is 3.67. The molecule has 1 aromatic carbocycles. The van der Waals surface area contributed by atoms with Crippen LogP contribution in [0.2, 0.25) is 0 Å². The van der Waals surface area contributed by atoms with Crippen LogP contribution >= 0.6 is 11.3 Å². The molecule has 0 bridgehead atoms. The maximum atomic E-state index is 12.1. The first kappa shape index (κ1) is 17.7. The molecule has 1 atom stereocenters. The summed E-state index contributed by atoms with van der Waals surface area (Å²) < 4.78 is 5.09. The highest BCUT2D eigenvalue weighted by atomic mass is 32.1. The highest BCUT2D eigenvalue weighted by molar-refractivity contribution is 7.10. The number of nitrogens with zero attached hydrogens (tertiary/aromatic N) is 1. The van der Waals surface area contributed by atoms with Crippen LogP contribution in [0.15, 0.2) is 41.8 Å². The third kappa shape index (κ3) is 5.46. The molecule has 124 valence electrons. The number of likely N-dealkylation sites (N-methyl/N-ethyl adjacent to an activating group) is 1. The molecule has 0 saturated carbocycles. The molecule has 0 fully saturated rings. The monoisotopic (exact) mass is 332 g/mol. The Morgan fingerprint density at radius 1 is 1.26 bits per heavy atom.